The van der Waals surface area contributed by atoms with E-state index in [4.69, 9.17) is 12.2 Å². The molecule has 0 heterocycles. The lowest BCUT2D eigenvalue weighted by Crippen LogP contribution is -2.33. The molecule has 0 aliphatic heterocycles. The highest BCUT2D eigenvalue weighted by atomic mass is 32.1. The van der Waals surface area contributed by atoms with E-state index in [2.05, 4.69) is 24.5 Å². The molecule has 0 aliphatic rings. The van der Waals surface area contributed by atoms with E-state index in [1.165, 1.54) is 89.9 Å². The van der Waals surface area contributed by atoms with Crippen molar-refractivity contribution in [2.24, 2.45) is 5.92 Å². The van der Waals surface area contributed by atoms with Crippen LogP contribution in [0.5, 0.6) is 0 Å². The minimum absolute atomic E-state index is 0.778. The van der Waals surface area contributed by atoms with Crippen LogP contribution in [0.15, 0.2) is 0 Å². The van der Waals surface area contributed by atoms with E-state index in [9.17, 15) is 0 Å². The molecule has 3 heteroatoms. The van der Waals surface area contributed by atoms with Gasteiger partial charge < -0.3 is 10.6 Å². The SMILES string of the molecule is CCCCCCCC(CCCCCCC)CCCNC(=S)NC. The molecule has 0 amide bonds. The second-order valence-corrected chi connectivity index (χ2v) is 7.33. The van der Waals surface area contributed by atoms with E-state index in [1.807, 2.05) is 7.05 Å². The van der Waals surface area contributed by atoms with Gasteiger partial charge in [0.2, 0.25) is 0 Å². The summed E-state index contributed by atoms with van der Waals surface area (Å²) >= 11 is 5.13. The average Bonchev–Trinajstić information content (AvgIpc) is 2.57. The second kappa shape index (κ2) is 18.0. The molecule has 0 radical (unpaired) electrons. The van der Waals surface area contributed by atoms with Crippen molar-refractivity contribution < 1.29 is 0 Å². The fourth-order valence-electron chi connectivity index (χ4n) is 3.19. The van der Waals surface area contributed by atoms with E-state index in [-0.39, 0.29) is 0 Å². The Morgan fingerprint density at radius 3 is 1.70 bits per heavy atom. The number of unbranched alkanes of at least 4 members (excludes halogenated alkanes) is 8. The summed E-state index contributed by atoms with van der Waals surface area (Å²) in [5.74, 6) is 0.934. The minimum Gasteiger partial charge on any atom is -0.366 e. The van der Waals surface area contributed by atoms with Gasteiger partial charge in [-0.05, 0) is 31.0 Å². The largest absolute Gasteiger partial charge is 0.366 e. The molecule has 0 fully saturated rings. The van der Waals surface area contributed by atoms with Crippen LogP contribution in [0.1, 0.15) is 104 Å². The van der Waals surface area contributed by atoms with Crippen LogP contribution in [-0.2, 0) is 0 Å². The molecule has 138 valence electrons. The number of hydrogen-bond acceptors (Lipinski definition) is 1. The molecule has 23 heavy (non-hydrogen) atoms. The van der Waals surface area contributed by atoms with Crippen LogP contribution in [0.4, 0.5) is 0 Å². The Hall–Kier alpha value is -0.310. The van der Waals surface area contributed by atoms with Crippen LogP contribution in [0.2, 0.25) is 0 Å². The standard InChI is InChI=1S/C20H42N2S/c1-4-6-8-10-12-15-19(16-13-11-9-7-5-2)17-14-18-22-20(23)21-3/h19H,4-18H2,1-3H3,(H2,21,22,23). The van der Waals surface area contributed by atoms with Crippen molar-refractivity contribution in [3.8, 4) is 0 Å². The Labute approximate surface area is 151 Å². The zero-order chi connectivity index (χ0) is 17.2. The quantitative estimate of drug-likeness (QED) is 0.258. The topological polar surface area (TPSA) is 24.1 Å². The van der Waals surface area contributed by atoms with Crippen LogP contribution in [-0.4, -0.2) is 18.7 Å². The van der Waals surface area contributed by atoms with Gasteiger partial charge in [0, 0.05) is 13.6 Å². The van der Waals surface area contributed by atoms with Gasteiger partial charge in [0.05, 0.1) is 0 Å². The highest BCUT2D eigenvalue weighted by Crippen LogP contribution is 2.23. The molecule has 2 N–H and O–H groups in total. The molecule has 0 aromatic heterocycles. The number of nitrogens with one attached hydrogen (secondary N) is 2. The molecule has 0 bridgehead atoms. The predicted octanol–water partition coefficient (Wildman–Crippen LogP) is 6.20. The first-order valence-electron chi connectivity index (χ1n) is 10.2. The third-order valence-electron chi connectivity index (χ3n) is 4.73. The number of hydrogen-bond donors (Lipinski definition) is 2. The summed E-state index contributed by atoms with van der Waals surface area (Å²) in [6, 6.07) is 0. The Kier molecular flexibility index (Phi) is 17.8. The number of rotatable bonds is 16. The maximum atomic E-state index is 5.13. The van der Waals surface area contributed by atoms with E-state index in [0.717, 1.165) is 17.6 Å². The lowest BCUT2D eigenvalue weighted by atomic mass is 9.90. The summed E-state index contributed by atoms with van der Waals surface area (Å²) < 4.78 is 0. The summed E-state index contributed by atoms with van der Waals surface area (Å²) in [6.45, 7) is 5.60. The molecule has 0 rings (SSSR count). The normalized spacial score (nSPS) is 11.0. The van der Waals surface area contributed by atoms with Crippen molar-refractivity contribution in [1.82, 2.24) is 10.6 Å². The van der Waals surface area contributed by atoms with E-state index >= 15 is 0 Å². The van der Waals surface area contributed by atoms with Crippen LogP contribution in [0, 0.1) is 5.92 Å². The zero-order valence-electron chi connectivity index (χ0n) is 16.1. The molecule has 0 atom stereocenters. The summed E-state index contributed by atoms with van der Waals surface area (Å²) in [5.41, 5.74) is 0. The molecule has 0 aromatic rings. The number of thiocarbonyl (C=S) groups is 1. The molecule has 0 aliphatic carbocycles. The molecular formula is C20H42N2S. The first-order chi connectivity index (χ1) is 11.2. The first-order valence-corrected chi connectivity index (χ1v) is 10.6. The van der Waals surface area contributed by atoms with Crippen LogP contribution < -0.4 is 10.6 Å². The fourth-order valence-corrected chi connectivity index (χ4v) is 3.29. The molecule has 0 aromatic carbocycles. The Morgan fingerprint density at radius 1 is 0.739 bits per heavy atom. The van der Waals surface area contributed by atoms with Crippen LogP contribution in [0.3, 0.4) is 0 Å². The van der Waals surface area contributed by atoms with Crippen LogP contribution in [0.25, 0.3) is 0 Å². The highest BCUT2D eigenvalue weighted by molar-refractivity contribution is 7.80. The van der Waals surface area contributed by atoms with Gasteiger partial charge in [0.25, 0.3) is 0 Å². The van der Waals surface area contributed by atoms with Crippen molar-refractivity contribution >= 4 is 17.3 Å². The smallest absolute Gasteiger partial charge is 0.166 e. The first kappa shape index (κ1) is 22.7. The maximum absolute atomic E-state index is 5.13. The van der Waals surface area contributed by atoms with E-state index < -0.39 is 0 Å². The third kappa shape index (κ3) is 16.3. The van der Waals surface area contributed by atoms with Crippen molar-refractivity contribution in [1.29, 1.82) is 0 Å². The fraction of sp³-hybridized carbons (Fsp3) is 0.950. The lowest BCUT2D eigenvalue weighted by molar-refractivity contribution is 0.373. The summed E-state index contributed by atoms with van der Waals surface area (Å²) in [7, 11) is 1.88. The third-order valence-corrected chi connectivity index (χ3v) is 5.08. The van der Waals surface area contributed by atoms with E-state index in [1.54, 1.807) is 0 Å². The molecule has 0 saturated carbocycles. The van der Waals surface area contributed by atoms with Crippen molar-refractivity contribution in [2.75, 3.05) is 13.6 Å². The molecule has 2 nitrogen and oxygen atoms in total. The van der Waals surface area contributed by atoms with Gasteiger partial charge >= 0.3 is 0 Å². The van der Waals surface area contributed by atoms with Crippen LogP contribution >= 0.6 is 12.2 Å². The van der Waals surface area contributed by atoms with Crippen molar-refractivity contribution in [3.63, 3.8) is 0 Å². The highest BCUT2D eigenvalue weighted by Gasteiger charge is 2.08. The molecule has 0 saturated heterocycles. The van der Waals surface area contributed by atoms with E-state index in [0.29, 0.717) is 0 Å². The zero-order valence-corrected chi connectivity index (χ0v) is 16.9. The van der Waals surface area contributed by atoms with Gasteiger partial charge in [0.1, 0.15) is 0 Å². The van der Waals surface area contributed by atoms with Gasteiger partial charge in [-0.1, -0.05) is 90.9 Å². The van der Waals surface area contributed by atoms with Gasteiger partial charge in [-0.25, -0.2) is 0 Å². The average molecular weight is 343 g/mol. The lowest BCUT2D eigenvalue weighted by Gasteiger charge is -2.17. The summed E-state index contributed by atoms with van der Waals surface area (Å²) in [6.07, 6.45) is 19.6. The summed E-state index contributed by atoms with van der Waals surface area (Å²) in [5, 5.41) is 7.04. The molecule has 0 spiro atoms. The Morgan fingerprint density at radius 2 is 1.22 bits per heavy atom. The molecular weight excluding hydrogens is 300 g/mol. The molecule has 0 unspecified atom stereocenters. The monoisotopic (exact) mass is 342 g/mol. The van der Waals surface area contributed by atoms with Crippen molar-refractivity contribution in [3.05, 3.63) is 0 Å². The summed E-state index contributed by atoms with van der Waals surface area (Å²) in [4.78, 5) is 0. The maximum Gasteiger partial charge on any atom is 0.166 e. The van der Waals surface area contributed by atoms with Crippen molar-refractivity contribution in [2.45, 2.75) is 104 Å². The van der Waals surface area contributed by atoms with Gasteiger partial charge in [-0.15, -0.1) is 0 Å². The second-order valence-electron chi connectivity index (χ2n) is 6.92. The Balaban J connectivity index is 3.83. The van der Waals surface area contributed by atoms with Gasteiger partial charge in [-0.2, -0.15) is 0 Å². The predicted molar refractivity (Wildman–Crippen MR) is 109 cm³/mol. The Bertz CT molecular complexity index is 242. The van der Waals surface area contributed by atoms with Gasteiger partial charge in [0.15, 0.2) is 5.11 Å². The minimum atomic E-state index is 0.778. The van der Waals surface area contributed by atoms with Gasteiger partial charge in [-0.3, -0.25) is 0 Å².